The van der Waals surface area contributed by atoms with Crippen LogP contribution in [0.5, 0.6) is 0 Å². The Morgan fingerprint density at radius 2 is 1.74 bits per heavy atom. The maximum absolute atomic E-state index is 11.9. The number of aliphatic hydroxyl groups excluding tert-OH is 1. The van der Waals surface area contributed by atoms with Gasteiger partial charge < -0.3 is 15.7 Å². The van der Waals surface area contributed by atoms with Crippen LogP contribution in [0.25, 0.3) is 0 Å². The summed E-state index contributed by atoms with van der Waals surface area (Å²) in [5.41, 5.74) is 3.24. The molecule has 0 aromatic heterocycles. The van der Waals surface area contributed by atoms with E-state index in [1.54, 1.807) is 30.3 Å². The lowest BCUT2D eigenvalue weighted by Crippen LogP contribution is -2.37. The summed E-state index contributed by atoms with van der Waals surface area (Å²) in [6.07, 6.45) is -0.853. The van der Waals surface area contributed by atoms with Gasteiger partial charge in [-0.25, -0.2) is 0 Å². The molecular formula is C18H20N2O3. The number of carbonyl (C=O) groups is 2. The molecule has 0 spiro atoms. The Morgan fingerprint density at radius 1 is 1.04 bits per heavy atom. The Kier molecular flexibility index (Phi) is 5.49. The van der Waals surface area contributed by atoms with E-state index in [9.17, 15) is 14.7 Å². The molecule has 0 aliphatic rings. The third-order valence-electron chi connectivity index (χ3n) is 3.48. The highest BCUT2D eigenvalue weighted by Crippen LogP contribution is 2.16. The van der Waals surface area contributed by atoms with Crippen LogP contribution < -0.4 is 10.6 Å². The molecule has 0 saturated heterocycles. The van der Waals surface area contributed by atoms with E-state index in [1.165, 1.54) is 0 Å². The Labute approximate surface area is 135 Å². The minimum atomic E-state index is -0.853. The van der Waals surface area contributed by atoms with Crippen LogP contribution in [0.2, 0.25) is 0 Å². The highest BCUT2D eigenvalue weighted by atomic mass is 16.3. The molecule has 0 aliphatic carbocycles. The summed E-state index contributed by atoms with van der Waals surface area (Å²) in [6, 6.07) is 14.5. The van der Waals surface area contributed by atoms with Crippen LogP contribution >= 0.6 is 0 Å². The van der Waals surface area contributed by atoms with Gasteiger partial charge in [-0.05, 0) is 31.0 Å². The highest BCUT2D eigenvalue weighted by molar-refractivity contribution is 6.39. The van der Waals surface area contributed by atoms with Gasteiger partial charge in [0.05, 0.1) is 6.10 Å². The van der Waals surface area contributed by atoms with Crippen LogP contribution in [0.4, 0.5) is 5.69 Å². The molecule has 0 heterocycles. The Morgan fingerprint density at radius 3 is 2.39 bits per heavy atom. The van der Waals surface area contributed by atoms with E-state index in [0.29, 0.717) is 11.3 Å². The molecule has 2 rings (SSSR count). The molecule has 0 radical (unpaired) electrons. The Bertz CT molecular complexity index is 699. The van der Waals surface area contributed by atoms with Crippen LogP contribution in [0.15, 0.2) is 48.5 Å². The van der Waals surface area contributed by atoms with Crippen LogP contribution in [0, 0.1) is 13.8 Å². The zero-order chi connectivity index (χ0) is 16.8. The second-order valence-corrected chi connectivity index (χ2v) is 5.41. The molecule has 2 amide bonds. The van der Waals surface area contributed by atoms with Crippen LogP contribution in [0.1, 0.15) is 22.8 Å². The number of amides is 2. The lowest BCUT2D eigenvalue weighted by molar-refractivity contribution is -0.136. The van der Waals surface area contributed by atoms with Crippen molar-refractivity contribution in [3.05, 3.63) is 65.2 Å². The third kappa shape index (κ3) is 4.66. The average molecular weight is 312 g/mol. The fraction of sp³-hybridized carbons (Fsp3) is 0.222. The van der Waals surface area contributed by atoms with Gasteiger partial charge in [-0.1, -0.05) is 48.0 Å². The number of rotatable bonds is 4. The molecule has 2 aromatic carbocycles. The maximum atomic E-state index is 11.9. The number of hydrogen-bond donors (Lipinski definition) is 3. The van der Waals surface area contributed by atoms with E-state index >= 15 is 0 Å². The summed E-state index contributed by atoms with van der Waals surface area (Å²) in [6.45, 7) is 3.79. The molecule has 23 heavy (non-hydrogen) atoms. The normalized spacial score (nSPS) is 11.6. The number of carbonyl (C=O) groups excluding carboxylic acids is 2. The minimum Gasteiger partial charge on any atom is -0.387 e. The van der Waals surface area contributed by atoms with Crippen LogP contribution in [-0.4, -0.2) is 23.5 Å². The first-order valence-corrected chi connectivity index (χ1v) is 7.37. The zero-order valence-corrected chi connectivity index (χ0v) is 13.2. The van der Waals surface area contributed by atoms with Crippen molar-refractivity contribution in [2.24, 2.45) is 0 Å². The predicted molar refractivity (Wildman–Crippen MR) is 89.0 cm³/mol. The van der Waals surface area contributed by atoms with Crippen molar-refractivity contribution in [1.82, 2.24) is 5.32 Å². The van der Waals surface area contributed by atoms with Gasteiger partial charge in [0.1, 0.15) is 0 Å². The zero-order valence-electron chi connectivity index (χ0n) is 13.2. The van der Waals surface area contributed by atoms with Gasteiger partial charge in [-0.15, -0.1) is 0 Å². The number of aryl methyl sites for hydroxylation is 2. The number of anilines is 1. The van der Waals surface area contributed by atoms with Crippen molar-refractivity contribution >= 4 is 17.5 Å². The molecule has 5 heteroatoms. The second kappa shape index (κ2) is 7.56. The molecular weight excluding hydrogens is 292 g/mol. The summed E-state index contributed by atoms with van der Waals surface area (Å²) in [5.74, 6) is -1.53. The quantitative estimate of drug-likeness (QED) is 0.757. The number of aliphatic hydroxyl groups is 1. The number of nitrogens with one attached hydrogen (secondary N) is 2. The standard InChI is InChI=1S/C18H20N2O3/c1-12-8-9-15(13(2)10-12)20-18(23)17(22)19-11-16(21)14-6-4-3-5-7-14/h3-10,16,21H,11H2,1-2H3,(H,19,22)(H,20,23)/t16-/m0/s1. The van der Waals surface area contributed by atoms with Crippen LogP contribution in [-0.2, 0) is 9.59 Å². The van der Waals surface area contributed by atoms with Gasteiger partial charge >= 0.3 is 11.8 Å². The Balaban J connectivity index is 1.89. The largest absolute Gasteiger partial charge is 0.387 e. The van der Waals surface area contributed by atoms with Gasteiger partial charge in [-0.2, -0.15) is 0 Å². The van der Waals surface area contributed by atoms with E-state index in [1.807, 2.05) is 32.0 Å². The first kappa shape index (κ1) is 16.7. The van der Waals surface area contributed by atoms with E-state index in [4.69, 9.17) is 0 Å². The van der Waals surface area contributed by atoms with E-state index in [-0.39, 0.29) is 6.54 Å². The van der Waals surface area contributed by atoms with Gasteiger partial charge in [0.15, 0.2) is 0 Å². The molecule has 5 nitrogen and oxygen atoms in total. The van der Waals surface area contributed by atoms with Gasteiger partial charge in [0.2, 0.25) is 0 Å². The summed E-state index contributed by atoms with van der Waals surface area (Å²) < 4.78 is 0. The Hall–Kier alpha value is -2.66. The summed E-state index contributed by atoms with van der Waals surface area (Å²) in [5, 5.41) is 15.0. The number of benzene rings is 2. The molecule has 0 unspecified atom stereocenters. The topological polar surface area (TPSA) is 78.4 Å². The van der Waals surface area contributed by atoms with Crippen molar-refractivity contribution < 1.29 is 14.7 Å². The summed E-state index contributed by atoms with van der Waals surface area (Å²) >= 11 is 0. The smallest absolute Gasteiger partial charge is 0.313 e. The van der Waals surface area contributed by atoms with E-state index in [2.05, 4.69) is 10.6 Å². The SMILES string of the molecule is Cc1ccc(NC(=O)C(=O)NC[C@H](O)c2ccccc2)c(C)c1. The lowest BCUT2D eigenvalue weighted by Gasteiger charge is -2.13. The first-order chi connectivity index (χ1) is 11.0. The van der Waals surface area contributed by atoms with E-state index in [0.717, 1.165) is 11.1 Å². The summed E-state index contributed by atoms with van der Waals surface area (Å²) in [7, 11) is 0. The number of hydrogen-bond acceptors (Lipinski definition) is 3. The summed E-state index contributed by atoms with van der Waals surface area (Å²) in [4.78, 5) is 23.7. The molecule has 2 aromatic rings. The molecule has 0 fully saturated rings. The van der Waals surface area contributed by atoms with Gasteiger partial charge in [0.25, 0.3) is 0 Å². The monoisotopic (exact) mass is 312 g/mol. The highest BCUT2D eigenvalue weighted by Gasteiger charge is 2.16. The molecule has 1 atom stereocenters. The first-order valence-electron chi connectivity index (χ1n) is 7.37. The fourth-order valence-corrected chi connectivity index (χ4v) is 2.20. The van der Waals surface area contributed by atoms with Gasteiger partial charge in [0, 0.05) is 12.2 Å². The van der Waals surface area contributed by atoms with Crippen molar-refractivity contribution in [3.8, 4) is 0 Å². The molecule has 0 saturated carbocycles. The van der Waals surface area contributed by atoms with Crippen molar-refractivity contribution in [2.75, 3.05) is 11.9 Å². The lowest BCUT2D eigenvalue weighted by atomic mass is 10.1. The van der Waals surface area contributed by atoms with Crippen molar-refractivity contribution in [3.63, 3.8) is 0 Å². The predicted octanol–water partition coefficient (Wildman–Crippen LogP) is 2.09. The fourth-order valence-electron chi connectivity index (χ4n) is 2.20. The van der Waals surface area contributed by atoms with E-state index < -0.39 is 17.9 Å². The molecule has 0 bridgehead atoms. The third-order valence-corrected chi connectivity index (χ3v) is 3.48. The minimum absolute atomic E-state index is 0.0247. The van der Waals surface area contributed by atoms with Crippen LogP contribution in [0.3, 0.4) is 0 Å². The van der Waals surface area contributed by atoms with Crippen molar-refractivity contribution in [2.45, 2.75) is 20.0 Å². The molecule has 0 aliphatic heterocycles. The average Bonchev–Trinajstić information content (AvgIpc) is 2.55. The molecule has 3 N–H and O–H groups in total. The second-order valence-electron chi connectivity index (χ2n) is 5.41. The van der Waals surface area contributed by atoms with Gasteiger partial charge in [-0.3, -0.25) is 9.59 Å². The van der Waals surface area contributed by atoms with Crippen molar-refractivity contribution in [1.29, 1.82) is 0 Å². The maximum Gasteiger partial charge on any atom is 0.313 e. The molecule has 120 valence electrons.